The minimum atomic E-state index is 0.135. The van der Waals surface area contributed by atoms with E-state index in [0.717, 1.165) is 44.6 Å². The van der Waals surface area contributed by atoms with Gasteiger partial charge in [-0.1, -0.05) is 140 Å². The normalized spacial score (nSPS) is 13.1. The van der Waals surface area contributed by atoms with E-state index in [1.807, 2.05) is 0 Å². The lowest BCUT2D eigenvalue weighted by Crippen LogP contribution is -2.22. The van der Waals surface area contributed by atoms with Crippen molar-refractivity contribution >= 4 is 12.6 Å². The molecule has 42 heavy (non-hydrogen) atoms. The van der Waals surface area contributed by atoms with Crippen LogP contribution in [0.25, 0.3) is 0 Å². The van der Waals surface area contributed by atoms with Crippen LogP contribution in [0, 0.1) is 0 Å². The molecule has 0 N–H and O–H groups in total. The van der Waals surface area contributed by atoms with Gasteiger partial charge in [-0.15, -0.1) is 0 Å². The topological polar surface area (TPSA) is 18.5 Å². The van der Waals surface area contributed by atoms with Gasteiger partial charge in [-0.05, 0) is 77.0 Å². The molecule has 0 fully saturated rings. The van der Waals surface area contributed by atoms with Crippen LogP contribution in [0.5, 0.6) is 0 Å². The molecule has 2 nitrogen and oxygen atoms in total. The third-order valence-electron chi connectivity index (χ3n) is 7.70. The molecule has 0 aromatic rings. The van der Waals surface area contributed by atoms with Gasteiger partial charge in [0.1, 0.15) is 0 Å². The molecule has 0 saturated carbocycles. The van der Waals surface area contributed by atoms with Crippen molar-refractivity contribution in [3.63, 3.8) is 0 Å². The van der Waals surface area contributed by atoms with Gasteiger partial charge in [-0.3, -0.25) is 0 Å². The van der Waals surface area contributed by atoms with Crippen molar-refractivity contribution in [3.8, 4) is 0 Å². The predicted octanol–water partition coefficient (Wildman–Crippen LogP) is 12.9. The molecule has 3 heteroatoms. The maximum Gasteiger partial charge on any atom is 0.0896 e. The summed E-state index contributed by atoms with van der Waals surface area (Å²) >= 11 is 4.47. The highest BCUT2D eigenvalue weighted by molar-refractivity contribution is 7.80. The average Bonchev–Trinajstić information content (AvgIpc) is 3.00. The monoisotopic (exact) mass is 605 g/mol. The summed E-state index contributed by atoms with van der Waals surface area (Å²) < 4.78 is 11.9. The van der Waals surface area contributed by atoms with Crippen molar-refractivity contribution in [2.45, 2.75) is 174 Å². The third kappa shape index (κ3) is 35.4. The van der Waals surface area contributed by atoms with Gasteiger partial charge in [0.15, 0.2) is 0 Å². The SMILES string of the molecule is CCCCCC=CCC=CCCCCCCCCOCC(CS)OCCCCCCCCC=CCC=CCCCCC. The first-order valence-electron chi connectivity index (χ1n) is 18.2. The van der Waals surface area contributed by atoms with E-state index in [0.29, 0.717) is 6.61 Å². The Labute approximate surface area is 269 Å². The quantitative estimate of drug-likeness (QED) is 0.0447. The highest BCUT2D eigenvalue weighted by Gasteiger charge is 2.07. The van der Waals surface area contributed by atoms with E-state index in [9.17, 15) is 0 Å². The highest BCUT2D eigenvalue weighted by atomic mass is 32.1. The van der Waals surface area contributed by atoms with Gasteiger partial charge < -0.3 is 9.47 Å². The maximum absolute atomic E-state index is 6.02. The molecule has 0 radical (unpaired) electrons. The van der Waals surface area contributed by atoms with Gasteiger partial charge >= 0.3 is 0 Å². The lowest BCUT2D eigenvalue weighted by molar-refractivity contribution is -0.00604. The minimum Gasteiger partial charge on any atom is -0.379 e. The van der Waals surface area contributed by atoms with Crippen LogP contribution in [0.2, 0.25) is 0 Å². The molecule has 1 unspecified atom stereocenters. The van der Waals surface area contributed by atoms with Gasteiger partial charge in [0.25, 0.3) is 0 Å². The molecule has 0 aromatic carbocycles. The fourth-order valence-corrected chi connectivity index (χ4v) is 5.11. The Morgan fingerprint density at radius 2 is 0.833 bits per heavy atom. The van der Waals surface area contributed by atoms with Crippen molar-refractivity contribution in [1.82, 2.24) is 0 Å². The van der Waals surface area contributed by atoms with Crippen LogP contribution in [0.4, 0.5) is 0 Å². The minimum absolute atomic E-state index is 0.135. The summed E-state index contributed by atoms with van der Waals surface area (Å²) in [6.07, 6.45) is 49.5. The smallest absolute Gasteiger partial charge is 0.0896 e. The molecule has 0 heterocycles. The van der Waals surface area contributed by atoms with Crippen LogP contribution in [0.1, 0.15) is 168 Å². The Balaban J connectivity index is 3.38. The number of rotatable bonds is 34. The van der Waals surface area contributed by atoms with Crippen molar-refractivity contribution in [1.29, 1.82) is 0 Å². The summed E-state index contributed by atoms with van der Waals surface area (Å²) in [7, 11) is 0. The molecule has 246 valence electrons. The summed E-state index contributed by atoms with van der Waals surface area (Å²) in [6, 6.07) is 0. The zero-order valence-electron chi connectivity index (χ0n) is 28.3. The van der Waals surface area contributed by atoms with E-state index >= 15 is 0 Å². The summed E-state index contributed by atoms with van der Waals surface area (Å²) in [5, 5.41) is 0. The molecular formula is C39H72O2S. The Hall–Kier alpha value is -0.770. The van der Waals surface area contributed by atoms with E-state index in [1.165, 1.54) is 128 Å². The van der Waals surface area contributed by atoms with Crippen LogP contribution >= 0.6 is 12.6 Å². The second-order valence-electron chi connectivity index (χ2n) is 11.9. The number of hydrogen-bond donors (Lipinski definition) is 1. The lowest BCUT2D eigenvalue weighted by Gasteiger charge is -2.16. The van der Waals surface area contributed by atoms with Gasteiger partial charge in [0, 0.05) is 19.0 Å². The summed E-state index contributed by atoms with van der Waals surface area (Å²) in [5.74, 6) is 0.742. The van der Waals surface area contributed by atoms with Gasteiger partial charge in [-0.2, -0.15) is 12.6 Å². The summed E-state index contributed by atoms with van der Waals surface area (Å²) in [5.41, 5.74) is 0. The fourth-order valence-electron chi connectivity index (χ4n) is 4.90. The van der Waals surface area contributed by atoms with E-state index in [-0.39, 0.29) is 6.10 Å². The van der Waals surface area contributed by atoms with Gasteiger partial charge in [0.05, 0.1) is 12.7 Å². The standard InChI is InChI=1S/C39H72O2S/c1-3-5-7-9-11-13-15-17-19-21-23-25-27-29-31-33-35-40-37-39(38-42)41-36-34-32-30-28-26-24-22-20-18-16-14-12-10-8-6-4-2/h11-14,17-20,39,42H,3-10,15-16,21-38H2,1-2H3. The molecule has 0 aliphatic carbocycles. The number of unbranched alkanes of at least 4 members (excludes halogenated alkanes) is 18. The lowest BCUT2D eigenvalue weighted by atomic mass is 10.1. The van der Waals surface area contributed by atoms with Gasteiger partial charge in [0.2, 0.25) is 0 Å². The second kappa shape index (κ2) is 38.3. The largest absolute Gasteiger partial charge is 0.379 e. The molecule has 0 aromatic heterocycles. The highest BCUT2D eigenvalue weighted by Crippen LogP contribution is 2.11. The van der Waals surface area contributed by atoms with E-state index in [2.05, 4.69) is 75.1 Å². The van der Waals surface area contributed by atoms with Crippen molar-refractivity contribution in [2.24, 2.45) is 0 Å². The molecule has 0 bridgehead atoms. The van der Waals surface area contributed by atoms with Crippen LogP contribution in [-0.2, 0) is 9.47 Å². The number of hydrogen-bond acceptors (Lipinski definition) is 3. The molecule has 0 aliphatic rings. The van der Waals surface area contributed by atoms with Crippen LogP contribution < -0.4 is 0 Å². The van der Waals surface area contributed by atoms with Gasteiger partial charge in [-0.25, -0.2) is 0 Å². The van der Waals surface area contributed by atoms with E-state index < -0.39 is 0 Å². The van der Waals surface area contributed by atoms with Crippen molar-refractivity contribution in [2.75, 3.05) is 25.6 Å². The Morgan fingerprint density at radius 1 is 0.452 bits per heavy atom. The molecule has 0 amide bonds. The molecule has 0 rings (SSSR count). The zero-order valence-corrected chi connectivity index (χ0v) is 29.2. The molecule has 0 aliphatic heterocycles. The fraction of sp³-hybridized carbons (Fsp3) is 0.795. The molecular weight excluding hydrogens is 532 g/mol. The van der Waals surface area contributed by atoms with E-state index in [4.69, 9.17) is 9.47 Å². The second-order valence-corrected chi connectivity index (χ2v) is 12.3. The first kappa shape index (κ1) is 41.2. The summed E-state index contributed by atoms with van der Waals surface area (Å²) in [4.78, 5) is 0. The van der Waals surface area contributed by atoms with Crippen molar-refractivity contribution < 1.29 is 9.47 Å². The van der Waals surface area contributed by atoms with Crippen LogP contribution in [0.3, 0.4) is 0 Å². The first-order valence-corrected chi connectivity index (χ1v) is 18.9. The Kier molecular flexibility index (Phi) is 37.6. The van der Waals surface area contributed by atoms with Crippen LogP contribution in [0.15, 0.2) is 48.6 Å². The summed E-state index contributed by atoms with van der Waals surface area (Å²) in [6.45, 7) is 6.91. The van der Waals surface area contributed by atoms with Crippen molar-refractivity contribution in [3.05, 3.63) is 48.6 Å². The number of allylic oxidation sites excluding steroid dienone is 8. The molecule has 0 spiro atoms. The predicted molar refractivity (Wildman–Crippen MR) is 193 cm³/mol. The number of ether oxygens (including phenoxy) is 2. The molecule has 1 atom stereocenters. The molecule has 0 saturated heterocycles. The Bertz CT molecular complexity index is 610. The first-order chi connectivity index (χ1) is 20.8. The van der Waals surface area contributed by atoms with E-state index in [1.54, 1.807) is 0 Å². The number of thiol groups is 1. The van der Waals surface area contributed by atoms with Crippen LogP contribution in [-0.4, -0.2) is 31.7 Å². The third-order valence-corrected chi connectivity index (χ3v) is 8.10. The average molecular weight is 605 g/mol. The zero-order chi connectivity index (χ0) is 30.4. The maximum atomic E-state index is 6.02. The Morgan fingerprint density at radius 3 is 1.26 bits per heavy atom.